The van der Waals surface area contributed by atoms with Gasteiger partial charge in [0.15, 0.2) is 0 Å². The van der Waals surface area contributed by atoms with E-state index in [-0.39, 0.29) is 10.5 Å². The van der Waals surface area contributed by atoms with Gasteiger partial charge in [-0.1, -0.05) is 15.9 Å². The lowest BCUT2D eigenvalue weighted by Gasteiger charge is -2.12. The van der Waals surface area contributed by atoms with Gasteiger partial charge in [-0.05, 0) is 25.1 Å². The number of hydrogen-bond acceptors (Lipinski definition) is 2. The molecular weight excluding hydrogens is 294 g/mol. The van der Waals surface area contributed by atoms with E-state index in [0.29, 0.717) is 6.54 Å². The summed E-state index contributed by atoms with van der Waals surface area (Å²) in [6.45, 7) is 1.43. The topological polar surface area (TPSA) is 41.1 Å². The summed E-state index contributed by atoms with van der Waals surface area (Å²) in [5.74, 6) is -2.43. The molecule has 3 nitrogen and oxygen atoms in total. The highest BCUT2D eigenvalue weighted by Gasteiger charge is 2.22. The SMILES string of the molecule is O=C(NC1CCNC1)c1c(F)cc(Br)cc1F. The molecule has 0 aliphatic carbocycles. The van der Waals surface area contributed by atoms with Crippen molar-refractivity contribution >= 4 is 21.8 Å². The molecule has 1 aromatic carbocycles. The van der Waals surface area contributed by atoms with Gasteiger partial charge in [-0.25, -0.2) is 8.78 Å². The van der Waals surface area contributed by atoms with Crippen molar-refractivity contribution in [1.29, 1.82) is 0 Å². The van der Waals surface area contributed by atoms with Crippen molar-refractivity contribution in [1.82, 2.24) is 10.6 Å². The predicted octanol–water partition coefficient (Wildman–Crippen LogP) is 1.82. The van der Waals surface area contributed by atoms with Gasteiger partial charge in [0.1, 0.15) is 17.2 Å². The quantitative estimate of drug-likeness (QED) is 0.875. The monoisotopic (exact) mass is 304 g/mol. The van der Waals surface area contributed by atoms with E-state index in [1.54, 1.807) is 0 Å². The third kappa shape index (κ3) is 2.81. The standard InChI is InChI=1S/C11H11BrF2N2O/c12-6-3-8(13)10(9(14)4-6)11(17)16-7-1-2-15-5-7/h3-4,7,15H,1-2,5H2,(H,16,17). The molecular formula is C11H11BrF2N2O. The molecule has 17 heavy (non-hydrogen) atoms. The molecule has 1 atom stereocenters. The minimum atomic E-state index is -0.861. The minimum absolute atomic E-state index is 0.0649. The predicted molar refractivity (Wildman–Crippen MR) is 62.8 cm³/mol. The second-order valence-electron chi connectivity index (χ2n) is 3.91. The number of carbonyl (C=O) groups is 1. The second kappa shape index (κ2) is 5.10. The minimum Gasteiger partial charge on any atom is -0.348 e. The Morgan fingerprint density at radius 3 is 2.59 bits per heavy atom. The lowest BCUT2D eigenvalue weighted by atomic mass is 10.1. The fourth-order valence-electron chi connectivity index (χ4n) is 1.79. The molecule has 0 radical (unpaired) electrons. The smallest absolute Gasteiger partial charge is 0.257 e. The van der Waals surface area contributed by atoms with Gasteiger partial charge in [-0.15, -0.1) is 0 Å². The molecule has 1 aliphatic heterocycles. The molecule has 6 heteroatoms. The van der Waals surface area contributed by atoms with Crippen molar-refractivity contribution in [3.8, 4) is 0 Å². The molecule has 1 heterocycles. The summed E-state index contributed by atoms with van der Waals surface area (Å²) in [5.41, 5.74) is -0.528. The fraction of sp³-hybridized carbons (Fsp3) is 0.364. The Kier molecular flexibility index (Phi) is 3.73. The number of carbonyl (C=O) groups excluding carboxylic acids is 1. The van der Waals surface area contributed by atoms with E-state index in [1.165, 1.54) is 0 Å². The summed E-state index contributed by atoms with van der Waals surface area (Å²) in [7, 11) is 0. The summed E-state index contributed by atoms with van der Waals surface area (Å²) >= 11 is 2.96. The molecule has 0 aromatic heterocycles. The molecule has 1 saturated heterocycles. The van der Waals surface area contributed by atoms with Gasteiger partial charge >= 0.3 is 0 Å². The molecule has 1 aromatic rings. The highest BCUT2D eigenvalue weighted by Crippen LogP contribution is 2.19. The van der Waals surface area contributed by atoms with Crippen LogP contribution in [0.4, 0.5) is 8.78 Å². The van der Waals surface area contributed by atoms with E-state index in [9.17, 15) is 13.6 Å². The molecule has 1 aliphatic rings. The summed E-state index contributed by atoms with van der Waals surface area (Å²) < 4.78 is 27.2. The Morgan fingerprint density at radius 1 is 1.41 bits per heavy atom. The van der Waals surface area contributed by atoms with Crippen LogP contribution in [0.5, 0.6) is 0 Å². The van der Waals surface area contributed by atoms with Crippen molar-refractivity contribution in [2.75, 3.05) is 13.1 Å². The zero-order chi connectivity index (χ0) is 12.4. The summed E-state index contributed by atoms with van der Waals surface area (Å²) in [6, 6.07) is 2.08. The number of benzene rings is 1. The summed E-state index contributed by atoms with van der Waals surface area (Å²) in [6.07, 6.45) is 0.769. The maximum Gasteiger partial charge on any atom is 0.257 e. The average Bonchev–Trinajstić information content (AvgIpc) is 2.68. The van der Waals surface area contributed by atoms with Gasteiger partial charge < -0.3 is 10.6 Å². The lowest BCUT2D eigenvalue weighted by Crippen LogP contribution is -2.37. The second-order valence-corrected chi connectivity index (χ2v) is 4.82. The van der Waals surface area contributed by atoms with E-state index in [4.69, 9.17) is 0 Å². The van der Waals surface area contributed by atoms with Crippen LogP contribution in [0.2, 0.25) is 0 Å². The average molecular weight is 305 g/mol. The van der Waals surface area contributed by atoms with Crippen LogP contribution >= 0.6 is 15.9 Å². The molecule has 1 fully saturated rings. The van der Waals surface area contributed by atoms with Gasteiger partial charge in [0.25, 0.3) is 5.91 Å². The number of hydrogen-bond donors (Lipinski definition) is 2. The van der Waals surface area contributed by atoms with Crippen LogP contribution < -0.4 is 10.6 Å². The van der Waals surface area contributed by atoms with Gasteiger partial charge in [0, 0.05) is 17.1 Å². The van der Waals surface area contributed by atoms with Gasteiger partial charge in [0.05, 0.1) is 0 Å². The largest absolute Gasteiger partial charge is 0.348 e. The third-order valence-electron chi connectivity index (χ3n) is 2.63. The molecule has 1 amide bonds. The zero-order valence-corrected chi connectivity index (χ0v) is 10.5. The van der Waals surface area contributed by atoms with Crippen molar-refractivity contribution in [2.45, 2.75) is 12.5 Å². The maximum absolute atomic E-state index is 13.5. The summed E-state index contributed by atoms with van der Waals surface area (Å²) in [4.78, 5) is 11.7. The van der Waals surface area contributed by atoms with E-state index in [2.05, 4.69) is 26.6 Å². The number of halogens is 3. The van der Waals surface area contributed by atoms with Gasteiger partial charge in [-0.3, -0.25) is 4.79 Å². The molecule has 0 saturated carbocycles. The van der Waals surface area contributed by atoms with Crippen LogP contribution in [-0.4, -0.2) is 25.0 Å². The Balaban J connectivity index is 2.18. The van der Waals surface area contributed by atoms with Crippen molar-refractivity contribution in [2.24, 2.45) is 0 Å². The van der Waals surface area contributed by atoms with E-state index < -0.39 is 23.1 Å². The van der Waals surface area contributed by atoms with Gasteiger partial charge in [0.2, 0.25) is 0 Å². The number of rotatable bonds is 2. The van der Waals surface area contributed by atoms with E-state index in [1.807, 2.05) is 0 Å². The van der Waals surface area contributed by atoms with Crippen molar-refractivity contribution in [3.63, 3.8) is 0 Å². The van der Waals surface area contributed by atoms with E-state index in [0.717, 1.165) is 25.1 Å². The first-order valence-corrected chi connectivity index (χ1v) is 6.03. The Hall–Kier alpha value is -1.01. The normalized spacial score (nSPS) is 19.4. The molecule has 0 bridgehead atoms. The van der Waals surface area contributed by atoms with Crippen molar-refractivity contribution in [3.05, 3.63) is 33.8 Å². The van der Waals surface area contributed by atoms with Crippen LogP contribution in [0.1, 0.15) is 16.8 Å². The van der Waals surface area contributed by atoms with Crippen LogP contribution in [0, 0.1) is 11.6 Å². The van der Waals surface area contributed by atoms with Crippen LogP contribution in [-0.2, 0) is 0 Å². The van der Waals surface area contributed by atoms with Crippen LogP contribution in [0.15, 0.2) is 16.6 Å². The zero-order valence-electron chi connectivity index (χ0n) is 8.90. The Morgan fingerprint density at radius 2 is 2.06 bits per heavy atom. The Labute approximate surface area is 106 Å². The highest BCUT2D eigenvalue weighted by molar-refractivity contribution is 9.10. The first kappa shape index (κ1) is 12.4. The lowest BCUT2D eigenvalue weighted by molar-refractivity contribution is 0.0931. The van der Waals surface area contributed by atoms with E-state index >= 15 is 0 Å². The Bertz CT molecular complexity index is 424. The maximum atomic E-state index is 13.5. The highest BCUT2D eigenvalue weighted by atomic mass is 79.9. The molecule has 2 N–H and O–H groups in total. The molecule has 2 rings (SSSR count). The number of amides is 1. The van der Waals surface area contributed by atoms with Crippen LogP contribution in [0.25, 0.3) is 0 Å². The first-order chi connectivity index (χ1) is 8.08. The molecule has 92 valence electrons. The molecule has 1 unspecified atom stereocenters. The number of nitrogens with one attached hydrogen (secondary N) is 2. The van der Waals surface area contributed by atoms with Crippen molar-refractivity contribution < 1.29 is 13.6 Å². The van der Waals surface area contributed by atoms with Gasteiger partial charge in [-0.2, -0.15) is 0 Å². The fourth-order valence-corrected chi connectivity index (χ4v) is 2.20. The molecule has 0 spiro atoms. The first-order valence-electron chi connectivity index (χ1n) is 5.24. The van der Waals surface area contributed by atoms with Crippen LogP contribution in [0.3, 0.4) is 0 Å². The summed E-state index contributed by atoms with van der Waals surface area (Å²) in [5, 5.41) is 5.66. The third-order valence-corrected chi connectivity index (χ3v) is 3.09.